The van der Waals surface area contributed by atoms with Gasteiger partial charge in [0.1, 0.15) is 22.3 Å². The third-order valence-electron chi connectivity index (χ3n) is 11.5. The first-order valence-corrected chi connectivity index (χ1v) is 19.8. The van der Waals surface area contributed by atoms with Crippen molar-refractivity contribution in [1.82, 2.24) is 0 Å². The zero-order valence-corrected chi connectivity index (χ0v) is 32.7. The number of hydrogen-bond donors (Lipinski definition) is 0. The summed E-state index contributed by atoms with van der Waals surface area (Å²) in [6, 6.07) is 61.7. The van der Waals surface area contributed by atoms with E-state index in [9.17, 15) is 15.8 Å². The van der Waals surface area contributed by atoms with Crippen molar-refractivity contribution in [1.29, 1.82) is 15.8 Å². The molecule has 8 nitrogen and oxygen atoms in total. The van der Waals surface area contributed by atoms with Crippen LogP contribution in [0.15, 0.2) is 179 Å². The van der Waals surface area contributed by atoms with Gasteiger partial charge in [-0.05, 0) is 167 Å². The number of nitriles is 3. The van der Waals surface area contributed by atoms with Crippen LogP contribution in [0, 0.1) is 40.6 Å². The zero-order chi connectivity index (χ0) is 41.9. The molecule has 11 rings (SSSR count). The Hall–Kier alpha value is -9.34. The third-order valence-corrected chi connectivity index (χ3v) is 11.5. The summed E-state index contributed by atoms with van der Waals surface area (Å²) in [5, 5.41) is 36.4. The fraction of sp³-hybridized carbons (Fsp3) is 0. The smallest absolute Gasteiger partial charge is 0.187 e. The number of nitrogens with zero attached hydrogens (tertiary/aromatic N) is 6. The highest BCUT2D eigenvalue weighted by Crippen LogP contribution is 2.44. The standard InChI is InChI=1S/C54H28N6O2/c1-58-40-10-20-44(21-11-40)60(43-16-6-35(32-57)7-17-43)46-19-9-37-27-48-52(29-39(37)25-46)62-50-23-22-49-53(54(48)50)47-26-36-8-18-45(24-38(36)28-51(47)61-49)59(41-12-2-33(30-55)3-13-41)42-14-4-34(31-56)5-15-42/h2-29H. The predicted molar refractivity (Wildman–Crippen MR) is 246 cm³/mol. The van der Waals surface area contributed by atoms with Crippen molar-refractivity contribution < 1.29 is 8.83 Å². The van der Waals surface area contributed by atoms with Gasteiger partial charge in [-0.2, -0.15) is 15.8 Å². The second-order valence-electron chi connectivity index (χ2n) is 15.1. The molecule has 0 bridgehead atoms. The molecule has 62 heavy (non-hydrogen) atoms. The minimum atomic E-state index is 0.560. The summed E-state index contributed by atoms with van der Waals surface area (Å²) >= 11 is 0. The molecule has 0 saturated carbocycles. The highest BCUT2D eigenvalue weighted by molar-refractivity contribution is 6.28. The van der Waals surface area contributed by atoms with Crippen molar-refractivity contribution in [3.63, 3.8) is 0 Å². The van der Waals surface area contributed by atoms with Crippen LogP contribution in [0.3, 0.4) is 0 Å². The molecule has 0 spiro atoms. The van der Waals surface area contributed by atoms with Crippen LogP contribution in [0.4, 0.5) is 39.8 Å². The number of benzene rings is 9. The first-order valence-electron chi connectivity index (χ1n) is 19.8. The van der Waals surface area contributed by atoms with E-state index in [1.54, 1.807) is 36.4 Å². The zero-order valence-electron chi connectivity index (χ0n) is 32.7. The Balaban J connectivity index is 1.03. The molecule has 0 atom stereocenters. The van der Waals surface area contributed by atoms with Crippen LogP contribution in [0.5, 0.6) is 0 Å². The molecule has 0 amide bonds. The van der Waals surface area contributed by atoms with Gasteiger partial charge in [-0.3, -0.25) is 0 Å². The largest absolute Gasteiger partial charge is 0.456 e. The van der Waals surface area contributed by atoms with Gasteiger partial charge in [-0.1, -0.05) is 24.3 Å². The van der Waals surface area contributed by atoms with Gasteiger partial charge in [0, 0.05) is 55.7 Å². The molecular weight excluding hydrogens is 765 g/mol. The Morgan fingerprint density at radius 1 is 0.371 bits per heavy atom. The van der Waals surface area contributed by atoms with Crippen LogP contribution in [-0.2, 0) is 0 Å². The van der Waals surface area contributed by atoms with Gasteiger partial charge in [0.15, 0.2) is 5.69 Å². The Morgan fingerprint density at radius 2 is 0.726 bits per heavy atom. The van der Waals surface area contributed by atoms with E-state index in [1.165, 1.54) is 0 Å². The minimum absolute atomic E-state index is 0.560. The number of anilines is 6. The molecule has 2 heterocycles. The van der Waals surface area contributed by atoms with Crippen LogP contribution >= 0.6 is 0 Å². The Labute approximate surface area is 354 Å². The lowest BCUT2D eigenvalue weighted by atomic mass is 10.0. The van der Waals surface area contributed by atoms with Crippen LogP contribution in [0.25, 0.3) is 70.3 Å². The van der Waals surface area contributed by atoms with Crippen molar-refractivity contribution in [2.45, 2.75) is 0 Å². The van der Waals surface area contributed by atoms with Gasteiger partial charge >= 0.3 is 0 Å². The number of furan rings is 2. The minimum Gasteiger partial charge on any atom is -0.456 e. The average Bonchev–Trinajstić information content (AvgIpc) is 3.87. The molecule has 0 aliphatic heterocycles. The monoisotopic (exact) mass is 792 g/mol. The average molecular weight is 793 g/mol. The second kappa shape index (κ2) is 14.2. The first-order chi connectivity index (χ1) is 30.5. The highest BCUT2D eigenvalue weighted by atomic mass is 16.3. The van der Waals surface area contributed by atoms with E-state index in [0.29, 0.717) is 22.4 Å². The Bertz CT molecular complexity index is 3410. The molecule has 0 aliphatic carbocycles. The SMILES string of the molecule is [C-]#[N+]c1ccc(N(c2ccc(C#N)cc2)c2ccc3cc4c(cc3c2)oc2ccc3oc5cc6cc(N(c7ccc(C#N)cc7)c7ccc(C#N)cc7)ccc6cc5c3c24)cc1. The lowest BCUT2D eigenvalue weighted by Gasteiger charge is -2.26. The topological polar surface area (TPSA) is 108 Å². The summed E-state index contributed by atoms with van der Waals surface area (Å²) in [5.74, 6) is 0. The highest BCUT2D eigenvalue weighted by Gasteiger charge is 2.20. The van der Waals surface area contributed by atoms with Crippen molar-refractivity contribution in [2.24, 2.45) is 0 Å². The van der Waals surface area contributed by atoms with Gasteiger partial charge in [0.05, 0.1) is 41.5 Å². The molecule has 0 saturated heterocycles. The molecule has 11 aromatic rings. The fourth-order valence-corrected chi connectivity index (χ4v) is 8.50. The molecule has 8 heteroatoms. The Morgan fingerprint density at radius 3 is 1.08 bits per heavy atom. The molecule has 0 aliphatic rings. The quantitative estimate of drug-likeness (QED) is 0.154. The van der Waals surface area contributed by atoms with Crippen LogP contribution in [0.2, 0.25) is 0 Å². The molecule has 2 aromatic heterocycles. The van der Waals surface area contributed by atoms with Crippen molar-refractivity contribution in [3.05, 3.63) is 198 Å². The lowest BCUT2D eigenvalue weighted by molar-refractivity contribution is 0.663. The van der Waals surface area contributed by atoms with Crippen molar-refractivity contribution in [2.75, 3.05) is 9.80 Å². The number of rotatable bonds is 6. The van der Waals surface area contributed by atoms with Crippen molar-refractivity contribution >= 4 is 105 Å². The van der Waals surface area contributed by atoms with Gasteiger partial charge in [0.25, 0.3) is 0 Å². The fourth-order valence-electron chi connectivity index (χ4n) is 8.50. The van der Waals surface area contributed by atoms with Gasteiger partial charge in [-0.25, -0.2) is 4.85 Å². The summed E-state index contributed by atoms with van der Waals surface area (Å²) in [4.78, 5) is 7.80. The van der Waals surface area contributed by atoms with E-state index in [0.717, 1.165) is 99.5 Å². The normalized spacial score (nSPS) is 11.2. The summed E-state index contributed by atoms with van der Waals surface area (Å²) in [6.07, 6.45) is 0. The number of fused-ring (bicyclic) bond motifs is 9. The maximum Gasteiger partial charge on any atom is 0.187 e. The molecule has 286 valence electrons. The molecule has 9 aromatic carbocycles. The molecule has 0 fully saturated rings. The van der Waals surface area contributed by atoms with Gasteiger partial charge in [-0.15, -0.1) is 0 Å². The molecule has 0 N–H and O–H groups in total. The van der Waals surface area contributed by atoms with Gasteiger partial charge < -0.3 is 18.6 Å². The van der Waals surface area contributed by atoms with E-state index in [2.05, 4.69) is 93.5 Å². The summed E-state index contributed by atoms with van der Waals surface area (Å²) in [7, 11) is 0. The summed E-state index contributed by atoms with van der Waals surface area (Å²) in [6.45, 7) is 7.44. The second-order valence-corrected chi connectivity index (χ2v) is 15.1. The van der Waals surface area contributed by atoms with E-state index in [-0.39, 0.29) is 0 Å². The molecular formula is C54H28N6O2. The van der Waals surface area contributed by atoms with E-state index in [4.69, 9.17) is 15.4 Å². The third kappa shape index (κ3) is 5.89. The maximum atomic E-state index is 9.45. The first kappa shape index (κ1) is 35.8. The van der Waals surface area contributed by atoms with Crippen LogP contribution in [-0.4, -0.2) is 0 Å². The summed E-state index contributed by atoms with van der Waals surface area (Å²) in [5.41, 5.74) is 10.7. The van der Waals surface area contributed by atoms with E-state index in [1.807, 2.05) is 72.8 Å². The maximum absolute atomic E-state index is 9.45. The molecule has 0 unspecified atom stereocenters. The van der Waals surface area contributed by atoms with E-state index >= 15 is 0 Å². The van der Waals surface area contributed by atoms with Crippen LogP contribution < -0.4 is 9.80 Å². The van der Waals surface area contributed by atoms with Crippen molar-refractivity contribution in [3.8, 4) is 18.2 Å². The van der Waals surface area contributed by atoms with Gasteiger partial charge in [0.2, 0.25) is 0 Å². The lowest BCUT2D eigenvalue weighted by Crippen LogP contribution is -2.09. The summed E-state index contributed by atoms with van der Waals surface area (Å²) < 4.78 is 13.2. The predicted octanol–water partition coefficient (Wildman–Crippen LogP) is 14.9. The molecule has 0 radical (unpaired) electrons. The van der Waals surface area contributed by atoms with E-state index < -0.39 is 0 Å². The Kier molecular flexibility index (Phi) is 8.19. The number of hydrogen-bond acceptors (Lipinski definition) is 7. The van der Waals surface area contributed by atoms with Crippen LogP contribution in [0.1, 0.15) is 16.7 Å².